The molecule has 0 aromatic carbocycles. The molecule has 0 aliphatic carbocycles. The normalized spacial score (nSPS) is 13.4. The molecule has 0 saturated heterocycles. The fourth-order valence-electron chi connectivity index (χ4n) is 1.23. The third-order valence-electron chi connectivity index (χ3n) is 2.30. The summed E-state index contributed by atoms with van der Waals surface area (Å²) in [5.74, 6) is 2.71. The summed E-state index contributed by atoms with van der Waals surface area (Å²) in [6, 6.07) is 0. The fourth-order valence-corrected chi connectivity index (χ4v) is 2.61. The second-order valence-electron chi connectivity index (χ2n) is 3.72. The highest BCUT2D eigenvalue weighted by Crippen LogP contribution is 2.05. The van der Waals surface area contributed by atoms with Gasteiger partial charge < -0.3 is 5.32 Å². The van der Waals surface area contributed by atoms with Gasteiger partial charge in [0.2, 0.25) is 0 Å². The summed E-state index contributed by atoms with van der Waals surface area (Å²) >= 11 is 0. The van der Waals surface area contributed by atoms with Crippen LogP contribution in [0.3, 0.4) is 0 Å². The summed E-state index contributed by atoms with van der Waals surface area (Å²) in [5, 5.41) is 2.57. The first-order valence-electron chi connectivity index (χ1n) is 5.40. The standard InChI is InChI=1S/C11H21NO2S/c1-4-6-7-9-15(13,14)11(3)10-12-8-5-2/h2,11-12H,4,6-10H2,1,3H3. The van der Waals surface area contributed by atoms with Crippen LogP contribution in [0.25, 0.3) is 0 Å². The van der Waals surface area contributed by atoms with Crippen LogP contribution in [0.2, 0.25) is 0 Å². The van der Waals surface area contributed by atoms with Crippen LogP contribution in [0.5, 0.6) is 0 Å². The molecule has 0 aliphatic rings. The Hall–Kier alpha value is -0.530. The molecule has 0 bridgehead atoms. The van der Waals surface area contributed by atoms with Crippen molar-refractivity contribution >= 4 is 9.84 Å². The van der Waals surface area contributed by atoms with Crippen LogP contribution in [0.1, 0.15) is 33.1 Å². The highest BCUT2D eigenvalue weighted by Gasteiger charge is 2.19. The SMILES string of the molecule is C#CCNCC(C)S(=O)(=O)CCCCC. The highest BCUT2D eigenvalue weighted by atomic mass is 32.2. The van der Waals surface area contributed by atoms with E-state index in [1.165, 1.54) is 0 Å². The Morgan fingerprint density at radius 1 is 1.40 bits per heavy atom. The summed E-state index contributed by atoms with van der Waals surface area (Å²) in [4.78, 5) is 0. The minimum absolute atomic E-state index is 0.291. The minimum Gasteiger partial charge on any atom is -0.305 e. The van der Waals surface area contributed by atoms with Gasteiger partial charge in [0, 0.05) is 6.54 Å². The van der Waals surface area contributed by atoms with Crippen LogP contribution in [-0.2, 0) is 9.84 Å². The molecule has 0 rings (SSSR count). The zero-order valence-electron chi connectivity index (χ0n) is 9.62. The van der Waals surface area contributed by atoms with Gasteiger partial charge in [-0.25, -0.2) is 8.42 Å². The maximum atomic E-state index is 11.7. The second-order valence-corrected chi connectivity index (χ2v) is 6.26. The lowest BCUT2D eigenvalue weighted by Crippen LogP contribution is -2.32. The van der Waals surface area contributed by atoms with Crippen molar-refractivity contribution in [1.29, 1.82) is 0 Å². The van der Waals surface area contributed by atoms with Gasteiger partial charge in [-0.2, -0.15) is 0 Å². The first-order valence-corrected chi connectivity index (χ1v) is 7.12. The third-order valence-corrected chi connectivity index (χ3v) is 4.55. The van der Waals surface area contributed by atoms with E-state index < -0.39 is 9.84 Å². The summed E-state index contributed by atoms with van der Waals surface area (Å²) in [5.41, 5.74) is 0. The largest absolute Gasteiger partial charge is 0.305 e. The molecule has 0 aromatic heterocycles. The summed E-state index contributed by atoms with van der Waals surface area (Å²) in [6.45, 7) is 4.66. The van der Waals surface area contributed by atoms with E-state index in [1.54, 1.807) is 6.92 Å². The molecule has 0 fully saturated rings. The highest BCUT2D eigenvalue weighted by molar-refractivity contribution is 7.92. The topological polar surface area (TPSA) is 46.2 Å². The number of hydrogen-bond acceptors (Lipinski definition) is 3. The number of terminal acetylenes is 1. The molecule has 1 atom stereocenters. The van der Waals surface area contributed by atoms with Crippen LogP contribution < -0.4 is 5.32 Å². The number of hydrogen-bond donors (Lipinski definition) is 1. The molecule has 0 aliphatic heterocycles. The first kappa shape index (κ1) is 14.5. The number of sulfone groups is 1. The van der Waals surface area contributed by atoms with E-state index in [1.807, 2.05) is 0 Å². The van der Waals surface area contributed by atoms with Crippen molar-refractivity contribution < 1.29 is 8.42 Å². The van der Waals surface area contributed by atoms with Crippen LogP contribution >= 0.6 is 0 Å². The molecule has 15 heavy (non-hydrogen) atoms. The molecule has 0 aromatic rings. The van der Waals surface area contributed by atoms with Gasteiger partial charge in [-0.15, -0.1) is 6.42 Å². The van der Waals surface area contributed by atoms with Gasteiger partial charge in [-0.05, 0) is 13.3 Å². The van der Waals surface area contributed by atoms with Gasteiger partial charge >= 0.3 is 0 Å². The molecule has 0 saturated carbocycles. The van der Waals surface area contributed by atoms with E-state index in [0.29, 0.717) is 18.8 Å². The van der Waals surface area contributed by atoms with E-state index in [9.17, 15) is 8.42 Å². The maximum Gasteiger partial charge on any atom is 0.154 e. The van der Waals surface area contributed by atoms with Gasteiger partial charge in [-0.3, -0.25) is 0 Å². The van der Waals surface area contributed by atoms with Crippen molar-refractivity contribution in [1.82, 2.24) is 5.32 Å². The molecular formula is C11H21NO2S. The molecular weight excluding hydrogens is 210 g/mol. The monoisotopic (exact) mass is 231 g/mol. The third kappa shape index (κ3) is 6.53. The Bertz CT molecular complexity index is 290. The molecule has 1 N–H and O–H groups in total. The molecule has 88 valence electrons. The van der Waals surface area contributed by atoms with Crippen molar-refractivity contribution in [2.24, 2.45) is 0 Å². The lowest BCUT2D eigenvalue weighted by Gasteiger charge is -2.12. The average molecular weight is 231 g/mol. The Labute approximate surface area is 93.6 Å². The van der Waals surface area contributed by atoms with Gasteiger partial charge in [0.05, 0.1) is 17.5 Å². The predicted molar refractivity (Wildman–Crippen MR) is 64.5 cm³/mol. The smallest absolute Gasteiger partial charge is 0.154 e. The average Bonchev–Trinajstić information content (AvgIpc) is 2.18. The minimum atomic E-state index is -2.94. The van der Waals surface area contributed by atoms with E-state index in [2.05, 4.69) is 18.2 Å². The number of nitrogens with one attached hydrogen (secondary N) is 1. The Morgan fingerprint density at radius 3 is 2.60 bits per heavy atom. The molecule has 3 nitrogen and oxygen atoms in total. The van der Waals surface area contributed by atoms with E-state index in [0.717, 1.165) is 19.3 Å². The van der Waals surface area contributed by atoms with E-state index in [4.69, 9.17) is 6.42 Å². The van der Waals surface area contributed by atoms with Crippen molar-refractivity contribution in [3.63, 3.8) is 0 Å². The van der Waals surface area contributed by atoms with Crippen molar-refractivity contribution in [3.05, 3.63) is 0 Å². The Balaban J connectivity index is 3.93. The van der Waals surface area contributed by atoms with Gasteiger partial charge in [0.25, 0.3) is 0 Å². The summed E-state index contributed by atoms with van der Waals surface area (Å²) in [7, 11) is -2.94. The molecule has 0 heterocycles. The molecule has 0 radical (unpaired) electrons. The molecule has 4 heteroatoms. The van der Waals surface area contributed by atoms with Gasteiger partial charge in [0.1, 0.15) is 0 Å². The Kier molecular flexibility index (Phi) is 7.45. The maximum absolute atomic E-state index is 11.7. The summed E-state index contributed by atoms with van der Waals surface area (Å²) < 4.78 is 23.4. The zero-order chi connectivity index (χ0) is 11.7. The van der Waals surface area contributed by atoms with E-state index >= 15 is 0 Å². The van der Waals surface area contributed by atoms with Crippen LogP contribution in [0.15, 0.2) is 0 Å². The zero-order valence-corrected chi connectivity index (χ0v) is 10.4. The lowest BCUT2D eigenvalue weighted by atomic mass is 10.3. The van der Waals surface area contributed by atoms with Gasteiger partial charge in [-0.1, -0.05) is 25.7 Å². The van der Waals surface area contributed by atoms with Crippen molar-refractivity contribution in [3.8, 4) is 12.3 Å². The van der Waals surface area contributed by atoms with Crippen LogP contribution in [0.4, 0.5) is 0 Å². The first-order chi connectivity index (χ1) is 7.04. The van der Waals surface area contributed by atoms with Crippen molar-refractivity contribution in [2.75, 3.05) is 18.8 Å². The fraction of sp³-hybridized carbons (Fsp3) is 0.818. The number of unbranched alkanes of at least 4 members (excludes halogenated alkanes) is 2. The van der Waals surface area contributed by atoms with Crippen LogP contribution in [-0.4, -0.2) is 32.5 Å². The molecule has 0 amide bonds. The molecule has 0 spiro atoms. The van der Waals surface area contributed by atoms with E-state index in [-0.39, 0.29) is 5.25 Å². The molecule has 1 unspecified atom stereocenters. The lowest BCUT2D eigenvalue weighted by molar-refractivity contribution is 0.572. The van der Waals surface area contributed by atoms with Crippen LogP contribution in [0, 0.1) is 12.3 Å². The van der Waals surface area contributed by atoms with Gasteiger partial charge in [0.15, 0.2) is 9.84 Å². The second kappa shape index (κ2) is 7.72. The summed E-state index contributed by atoms with van der Waals surface area (Å²) in [6.07, 6.45) is 7.84. The van der Waals surface area contributed by atoms with Crippen molar-refractivity contribution in [2.45, 2.75) is 38.4 Å². The number of rotatable bonds is 8. The quantitative estimate of drug-likeness (QED) is 0.504. The predicted octanol–water partition coefficient (Wildman–Crippen LogP) is 1.20. The Morgan fingerprint density at radius 2 is 2.07 bits per heavy atom.